The number of hydrogen-bond donors (Lipinski definition) is 1. The van der Waals surface area contributed by atoms with Gasteiger partial charge in [-0.1, -0.05) is 26.0 Å². The van der Waals surface area contributed by atoms with Gasteiger partial charge < -0.3 is 15.0 Å². The van der Waals surface area contributed by atoms with E-state index in [4.69, 9.17) is 4.74 Å². The summed E-state index contributed by atoms with van der Waals surface area (Å²) in [4.78, 5) is 6.81. The fourth-order valence-corrected chi connectivity index (χ4v) is 3.40. The van der Waals surface area contributed by atoms with Gasteiger partial charge in [-0.3, -0.25) is 9.67 Å². The summed E-state index contributed by atoms with van der Waals surface area (Å²) in [5, 5.41) is 7.80. The number of aliphatic imine (C=N–C) groups is 1. The molecule has 1 aliphatic heterocycles. The van der Waals surface area contributed by atoms with E-state index >= 15 is 0 Å². The molecule has 0 spiro atoms. The van der Waals surface area contributed by atoms with Gasteiger partial charge in [0.25, 0.3) is 0 Å². The molecule has 0 amide bonds. The molecule has 1 N–H and O–H groups in total. The highest BCUT2D eigenvalue weighted by Gasteiger charge is 2.26. The second-order valence-corrected chi connectivity index (χ2v) is 7.63. The third kappa shape index (κ3) is 5.25. The topological polar surface area (TPSA) is 54.7 Å². The molecule has 0 aliphatic carbocycles. The van der Waals surface area contributed by atoms with Crippen molar-refractivity contribution >= 4 is 5.96 Å². The van der Waals surface area contributed by atoms with Crippen LogP contribution in [0.2, 0.25) is 0 Å². The van der Waals surface area contributed by atoms with E-state index in [0.717, 1.165) is 44.4 Å². The molecule has 2 heterocycles. The van der Waals surface area contributed by atoms with E-state index in [0.29, 0.717) is 11.8 Å². The minimum atomic E-state index is 0.519. The van der Waals surface area contributed by atoms with Gasteiger partial charge in [0.2, 0.25) is 0 Å². The maximum atomic E-state index is 5.83. The number of benzene rings is 1. The first-order chi connectivity index (χ1) is 13.0. The van der Waals surface area contributed by atoms with E-state index in [-0.39, 0.29) is 0 Å². The summed E-state index contributed by atoms with van der Waals surface area (Å²) in [5.41, 5.74) is 2.51. The Morgan fingerprint density at radius 2 is 2.26 bits per heavy atom. The van der Waals surface area contributed by atoms with E-state index < -0.39 is 0 Å². The van der Waals surface area contributed by atoms with Crippen LogP contribution in [0, 0.1) is 5.92 Å². The second-order valence-electron chi connectivity index (χ2n) is 7.63. The first-order valence-corrected chi connectivity index (χ1v) is 9.71. The number of likely N-dealkylation sites (tertiary alicyclic amines) is 1. The minimum absolute atomic E-state index is 0.519. The van der Waals surface area contributed by atoms with Crippen LogP contribution in [0.15, 0.2) is 41.7 Å². The van der Waals surface area contributed by atoms with Crippen molar-refractivity contribution in [2.24, 2.45) is 18.0 Å². The zero-order valence-electron chi connectivity index (χ0n) is 16.9. The summed E-state index contributed by atoms with van der Waals surface area (Å²) in [6.45, 7) is 7.77. The molecule has 1 saturated heterocycles. The molecule has 1 aliphatic rings. The van der Waals surface area contributed by atoms with Crippen molar-refractivity contribution in [3.05, 3.63) is 47.8 Å². The Morgan fingerprint density at radius 3 is 2.96 bits per heavy atom. The molecular weight excluding hydrogens is 338 g/mol. The van der Waals surface area contributed by atoms with Crippen molar-refractivity contribution in [3.63, 3.8) is 0 Å². The molecular formula is C21H31N5O. The molecule has 1 aromatic carbocycles. The van der Waals surface area contributed by atoms with E-state index in [9.17, 15) is 0 Å². The smallest absolute Gasteiger partial charge is 0.193 e. The zero-order chi connectivity index (χ0) is 19.2. The molecule has 3 rings (SSSR count). The first-order valence-electron chi connectivity index (χ1n) is 9.71. The Bertz CT molecular complexity index is 767. The molecule has 1 fully saturated rings. The molecule has 6 nitrogen and oxygen atoms in total. The van der Waals surface area contributed by atoms with Gasteiger partial charge in [-0.15, -0.1) is 0 Å². The van der Waals surface area contributed by atoms with Crippen molar-refractivity contribution < 1.29 is 4.74 Å². The molecule has 146 valence electrons. The highest BCUT2D eigenvalue weighted by Crippen LogP contribution is 2.26. The molecule has 27 heavy (non-hydrogen) atoms. The SMILES string of the molecule is CN=C(NCc1cccc(OCC(C)C)c1)N1CCC(c2cnn(C)c2)C1. The van der Waals surface area contributed by atoms with E-state index in [1.807, 2.05) is 37.1 Å². The van der Waals surface area contributed by atoms with E-state index in [2.05, 4.69) is 52.5 Å². The third-order valence-electron chi connectivity index (χ3n) is 4.83. The fraction of sp³-hybridized carbons (Fsp3) is 0.524. The van der Waals surface area contributed by atoms with Crippen LogP contribution in [-0.2, 0) is 13.6 Å². The van der Waals surface area contributed by atoms with Gasteiger partial charge in [-0.05, 0) is 35.6 Å². The predicted molar refractivity (Wildman–Crippen MR) is 109 cm³/mol. The third-order valence-corrected chi connectivity index (χ3v) is 4.83. The van der Waals surface area contributed by atoms with E-state index in [1.54, 1.807) is 0 Å². The fourth-order valence-electron chi connectivity index (χ4n) is 3.40. The van der Waals surface area contributed by atoms with Crippen LogP contribution in [0.25, 0.3) is 0 Å². The van der Waals surface area contributed by atoms with Gasteiger partial charge in [0.1, 0.15) is 5.75 Å². The summed E-state index contributed by atoms with van der Waals surface area (Å²) >= 11 is 0. The van der Waals surface area contributed by atoms with Crippen LogP contribution in [0.5, 0.6) is 5.75 Å². The number of aryl methyl sites for hydroxylation is 1. The Hall–Kier alpha value is -2.50. The lowest BCUT2D eigenvalue weighted by Crippen LogP contribution is -2.39. The van der Waals surface area contributed by atoms with Crippen LogP contribution in [0.1, 0.15) is 37.3 Å². The van der Waals surface area contributed by atoms with Gasteiger partial charge in [-0.2, -0.15) is 5.10 Å². The Balaban J connectivity index is 1.54. The Kier molecular flexibility index (Phi) is 6.37. The maximum absolute atomic E-state index is 5.83. The van der Waals surface area contributed by atoms with Crippen LogP contribution in [-0.4, -0.2) is 47.4 Å². The minimum Gasteiger partial charge on any atom is -0.493 e. The zero-order valence-corrected chi connectivity index (χ0v) is 16.9. The normalized spacial score (nSPS) is 17.6. The summed E-state index contributed by atoms with van der Waals surface area (Å²) in [5.74, 6) is 2.92. The summed E-state index contributed by atoms with van der Waals surface area (Å²) in [7, 11) is 3.82. The van der Waals surface area contributed by atoms with Gasteiger partial charge >= 0.3 is 0 Å². The molecule has 1 atom stereocenters. The van der Waals surface area contributed by atoms with Crippen LogP contribution in [0.4, 0.5) is 0 Å². The van der Waals surface area contributed by atoms with Crippen LogP contribution in [0.3, 0.4) is 0 Å². The number of aromatic nitrogens is 2. The van der Waals surface area contributed by atoms with Gasteiger partial charge in [0.05, 0.1) is 12.8 Å². The number of ether oxygens (including phenoxy) is 1. The first kappa shape index (κ1) is 19.3. The summed E-state index contributed by atoms with van der Waals surface area (Å²) in [6.07, 6.45) is 5.23. The monoisotopic (exact) mass is 369 g/mol. The number of nitrogens with one attached hydrogen (secondary N) is 1. The number of rotatable bonds is 6. The lowest BCUT2D eigenvalue weighted by molar-refractivity contribution is 0.271. The van der Waals surface area contributed by atoms with Crippen molar-refractivity contribution in [2.45, 2.75) is 32.7 Å². The van der Waals surface area contributed by atoms with Crippen molar-refractivity contribution in [2.75, 3.05) is 26.7 Å². The van der Waals surface area contributed by atoms with Gasteiger partial charge in [0, 0.05) is 45.8 Å². The van der Waals surface area contributed by atoms with Crippen molar-refractivity contribution in [1.29, 1.82) is 0 Å². The Morgan fingerprint density at radius 1 is 1.41 bits per heavy atom. The van der Waals surface area contributed by atoms with Crippen molar-refractivity contribution in [3.8, 4) is 5.75 Å². The number of guanidine groups is 1. The highest BCUT2D eigenvalue weighted by molar-refractivity contribution is 5.80. The summed E-state index contributed by atoms with van der Waals surface area (Å²) < 4.78 is 7.70. The average molecular weight is 370 g/mol. The predicted octanol–water partition coefficient (Wildman–Crippen LogP) is 3.02. The number of nitrogens with zero attached hydrogens (tertiary/aromatic N) is 4. The van der Waals surface area contributed by atoms with E-state index in [1.165, 1.54) is 11.1 Å². The summed E-state index contributed by atoms with van der Waals surface area (Å²) in [6, 6.07) is 8.28. The molecule has 6 heteroatoms. The highest BCUT2D eigenvalue weighted by atomic mass is 16.5. The largest absolute Gasteiger partial charge is 0.493 e. The molecule has 1 unspecified atom stereocenters. The average Bonchev–Trinajstić information content (AvgIpc) is 3.30. The Labute approximate surface area is 162 Å². The molecule has 2 aromatic rings. The van der Waals surface area contributed by atoms with Crippen LogP contribution >= 0.6 is 0 Å². The molecule has 1 aromatic heterocycles. The number of hydrogen-bond acceptors (Lipinski definition) is 3. The quantitative estimate of drug-likeness (QED) is 0.628. The molecule has 0 radical (unpaired) electrons. The maximum Gasteiger partial charge on any atom is 0.193 e. The second kappa shape index (κ2) is 8.93. The van der Waals surface area contributed by atoms with Gasteiger partial charge in [-0.25, -0.2) is 0 Å². The van der Waals surface area contributed by atoms with Gasteiger partial charge in [0.15, 0.2) is 5.96 Å². The van der Waals surface area contributed by atoms with Crippen LogP contribution < -0.4 is 10.1 Å². The lowest BCUT2D eigenvalue weighted by Gasteiger charge is -2.21. The molecule has 0 saturated carbocycles. The molecule has 0 bridgehead atoms. The van der Waals surface area contributed by atoms with Crippen molar-refractivity contribution in [1.82, 2.24) is 20.0 Å². The lowest BCUT2D eigenvalue weighted by atomic mass is 10.0. The standard InChI is InChI=1S/C21H31N5O/c1-16(2)15-27-20-7-5-6-17(10-20)11-23-21(22-3)26-9-8-18(14-26)19-12-24-25(4)13-19/h5-7,10,12-13,16,18H,8-9,11,14-15H2,1-4H3,(H,22,23).